The molecule has 1 saturated carbocycles. The van der Waals surface area contributed by atoms with Gasteiger partial charge in [0.05, 0.1) is 12.6 Å². The third-order valence-electron chi connectivity index (χ3n) is 6.81. The Balaban J connectivity index is 1.72. The zero-order valence-corrected chi connectivity index (χ0v) is 20.1. The second-order valence-electron chi connectivity index (χ2n) is 9.18. The van der Waals surface area contributed by atoms with Gasteiger partial charge in [-0.1, -0.05) is 56.5 Å². The summed E-state index contributed by atoms with van der Waals surface area (Å²) in [7, 11) is 0. The standard InChI is InChI=1S/C26H38N2O5/c1-4-11-21(25(30)32-5-2)27-18(3)24(29)28-22-15-10-9-14-20(22)16-23(28)26(31)33-17-19-12-7-6-8-13-19/h6-8,12-13,18,20-23,27H,4-5,9-11,14-17H2,1-3H3. The number of benzene rings is 1. The summed E-state index contributed by atoms with van der Waals surface area (Å²) >= 11 is 0. The van der Waals surface area contributed by atoms with Crippen molar-refractivity contribution in [1.82, 2.24) is 10.2 Å². The van der Waals surface area contributed by atoms with Gasteiger partial charge in [0, 0.05) is 6.04 Å². The predicted octanol–water partition coefficient (Wildman–Crippen LogP) is 3.60. The molecule has 0 radical (unpaired) electrons. The van der Waals surface area contributed by atoms with E-state index in [1.165, 1.54) is 0 Å². The number of rotatable bonds is 10. The summed E-state index contributed by atoms with van der Waals surface area (Å²) in [6.45, 7) is 6.03. The minimum atomic E-state index is -0.601. The Morgan fingerprint density at radius 1 is 1.09 bits per heavy atom. The van der Waals surface area contributed by atoms with E-state index < -0.39 is 18.1 Å². The fourth-order valence-corrected chi connectivity index (χ4v) is 5.21. The van der Waals surface area contributed by atoms with Crippen molar-refractivity contribution in [3.8, 4) is 0 Å². The zero-order valence-electron chi connectivity index (χ0n) is 20.1. The molecule has 1 amide bonds. The SMILES string of the molecule is CCCC(NC(C)C(=O)N1C(C(=O)OCc2ccccc2)CC2CCCCC21)C(=O)OCC. The molecule has 7 heteroatoms. The summed E-state index contributed by atoms with van der Waals surface area (Å²) in [5, 5.41) is 3.17. The molecule has 1 aromatic carbocycles. The van der Waals surface area contributed by atoms with Gasteiger partial charge in [0.2, 0.25) is 5.91 Å². The molecule has 182 valence electrons. The molecule has 2 fully saturated rings. The van der Waals surface area contributed by atoms with Crippen molar-refractivity contribution in [2.45, 2.75) is 96.5 Å². The summed E-state index contributed by atoms with van der Waals surface area (Å²) in [6.07, 6.45) is 6.14. The maximum atomic E-state index is 13.6. The first-order valence-electron chi connectivity index (χ1n) is 12.4. The lowest BCUT2D eigenvalue weighted by molar-refractivity contribution is -0.157. The third kappa shape index (κ3) is 6.34. The van der Waals surface area contributed by atoms with E-state index in [0.717, 1.165) is 37.7 Å². The Morgan fingerprint density at radius 2 is 1.82 bits per heavy atom. The lowest BCUT2D eigenvalue weighted by atomic mass is 9.84. The molecule has 5 unspecified atom stereocenters. The molecular weight excluding hydrogens is 420 g/mol. The third-order valence-corrected chi connectivity index (χ3v) is 6.81. The van der Waals surface area contributed by atoms with E-state index in [9.17, 15) is 14.4 Å². The topological polar surface area (TPSA) is 84.9 Å². The van der Waals surface area contributed by atoms with Crippen LogP contribution in [0.15, 0.2) is 30.3 Å². The molecule has 1 N–H and O–H groups in total. The molecule has 1 aliphatic carbocycles. The summed E-state index contributed by atoms with van der Waals surface area (Å²) in [6, 6.07) is 7.91. The molecule has 3 rings (SSSR count). The fraction of sp³-hybridized carbons (Fsp3) is 0.654. The lowest BCUT2D eigenvalue weighted by Gasteiger charge is -2.35. The molecule has 33 heavy (non-hydrogen) atoms. The van der Waals surface area contributed by atoms with Crippen LogP contribution in [0.5, 0.6) is 0 Å². The number of esters is 2. The Morgan fingerprint density at radius 3 is 2.52 bits per heavy atom. The molecule has 1 aliphatic heterocycles. The van der Waals surface area contributed by atoms with E-state index in [4.69, 9.17) is 9.47 Å². The van der Waals surface area contributed by atoms with Crippen LogP contribution in [0.1, 0.15) is 71.3 Å². The molecule has 1 heterocycles. The van der Waals surface area contributed by atoms with Gasteiger partial charge in [-0.25, -0.2) is 4.79 Å². The highest BCUT2D eigenvalue weighted by molar-refractivity contribution is 5.89. The van der Waals surface area contributed by atoms with Crippen molar-refractivity contribution >= 4 is 17.8 Å². The Labute approximate surface area is 197 Å². The first kappa shape index (κ1) is 25.2. The Hall–Kier alpha value is -2.41. The molecule has 7 nitrogen and oxygen atoms in total. The maximum absolute atomic E-state index is 13.6. The summed E-state index contributed by atoms with van der Waals surface area (Å²) < 4.78 is 10.8. The van der Waals surface area contributed by atoms with Crippen molar-refractivity contribution < 1.29 is 23.9 Å². The van der Waals surface area contributed by atoms with Gasteiger partial charge in [0.15, 0.2) is 0 Å². The predicted molar refractivity (Wildman–Crippen MR) is 125 cm³/mol. The second-order valence-corrected chi connectivity index (χ2v) is 9.18. The highest BCUT2D eigenvalue weighted by atomic mass is 16.5. The van der Waals surface area contributed by atoms with Crippen molar-refractivity contribution in [2.24, 2.45) is 5.92 Å². The number of likely N-dealkylation sites (tertiary alicyclic amines) is 1. The molecule has 0 bridgehead atoms. The van der Waals surface area contributed by atoms with Gasteiger partial charge < -0.3 is 14.4 Å². The number of hydrogen-bond acceptors (Lipinski definition) is 6. The maximum Gasteiger partial charge on any atom is 0.329 e. The number of nitrogens with zero attached hydrogens (tertiary/aromatic N) is 1. The number of amides is 1. The monoisotopic (exact) mass is 458 g/mol. The van der Waals surface area contributed by atoms with E-state index in [1.807, 2.05) is 37.3 Å². The van der Waals surface area contributed by atoms with E-state index in [2.05, 4.69) is 5.32 Å². The number of carbonyl (C=O) groups excluding carboxylic acids is 3. The van der Waals surface area contributed by atoms with Gasteiger partial charge in [-0.3, -0.25) is 14.9 Å². The van der Waals surface area contributed by atoms with Crippen molar-refractivity contribution in [2.75, 3.05) is 6.61 Å². The van der Waals surface area contributed by atoms with Crippen molar-refractivity contribution in [1.29, 1.82) is 0 Å². The van der Waals surface area contributed by atoms with Crippen LogP contribution in [0.2, 0.25) is 0 Å². The average molecular weight is 459 g/mol. The second kappa shape index (κ2) is 12.2. The Bertz CT molecular complexity index is 799. The van der Waals surface area contributed by atoms with Gasteiger partial charge in [-0.15, -0.1) is 0 Å². The number of carbonyl (C=O) groups is 3. The minimum Gasteiger partial charge on any atom is -0.465 e. The summed E-state index contributed by atoms with van der Waals surface area (Å²) in [4.78, 5) is 40.8. The number of fused-ring (bicyclic) bond motifs is 1. The number of ether oxygens (including phenoxy) is 2. The highest BCUT2D eigenvalue weighted by Gasteiger charge is 2.49. The molecule has 5 atom stereocenters. The fourth-order valence-electron chi connectivity index (χ4n) is 5.21. The normalized spacial score (nSPS) is 24.0. The average Bonchev–Trinajstić information content (AvgIpc) is 3.22. The summed E-state index contributed by atoms with van der Waals surface area (Å²) in [5.41, 5.74) is 0.922. The molecule has 1 saturated heterocycles. The molecule has 2 aliphatic rings. The molecular formula is C26H38N2O5. The lowest BCUT2D eigenvalue weighted by Crippen LogP contribution is -2.55. The summed E-state index contributed by atoms with van der Waals surface area (Å²) in [5.74, 6) is -0.503. The molecule has 0 aromatic heterocycles. The molecule has 0 spiro atoms. The van der Waals surface area contributed by atoms with Crippen LogP contribution >= 0.6 is 0 Å². The minimum absolute atomic E-state index is 0.0528. The van der Waals surface area contributed by atoms with Gasteiger partial charge in [0.1, 0.15) is 18.7 Å². The Kier molecular flexibility index (Phi) is 9.30. The van der Waals surface area contributed by atoms with Crippen LogP contribution in [-0.2, 0) is 30.5 Å². The number of nitrogens with one attached hydrogen (secondary N) is 1. The smallest absolute Gasteiger partial charge is 0.329 e. The van der Waals surface area contributed by atoms with Crippen LogP contribution in [0.25, 0.3) is 0 Å². The van der Waals surface area contributed by atoms with Crippen molar-refractivity contribution in [3.05, 3.63) is 35.9 Å². The molecule has 1 aromatic rings. The van der Waals surface area contributed by atoms with E-state index >= 15 is 0 Å². The first-order chi connectivity index (χ1) is 16.0. The zero-order chi connectivity index (χ0) is 23.8. The van der Waals surface area contributed by atoms with E-state index in [-0.39, 0.29) is 30.5 Å². The van der Waals surface area contributed by atoms with Gasteiger partial charge in [0.25, 0.3) is 0 Å². The quantitative estimate of drug-likeness (QED) is 0.539. The van der Waals surface area contributed by atoms with Gasteiger partial charge >= 0.3 is 11.9 Å². The van der Waals surface area contributed by atoms with Gasteiger partial charge in [-0.2, -0.15) is 0 Å². The first-order valence-corrected chi connectivity index (χ1v) is 12.4. The largest absolute Gasteiger partial charge is 0.465 e. The van der Waals surface area contributed by atoms with Crippen molar-refractivity contribution in [3.63, 3.8) is 0 Å². The van der Waals surface area contributed by atoms with Crippen LogP contribution in [0, 0.1) is 5.92 Å². The highest BCUT2D eigenvalue weighted by Crippen LogP contribution is 2.40. The van der Waals surface area contributed by atoms with E-state index in [0.29, 0.717) is 25.4 Å². The number of hydrogen-bond donors (Lipinski definition) is 1. The van der Waals surface area contributed by atoms with Crippen LogP contribution in [0.3, 0.4) is 0 Å². The van der Waals surface area contributed by atoms with E-state index in [1.54, 1.807) is 18.7 Å². The van der Waals surface area contributed by atoms with Gasteiger partial charge in [-0.05, 0) is 51.0 Å². The van der Waals surface area contributed by atoms with Crippen LogP contribution < -0.4 is 5.32 Å². The van der Waals surface area contributed by atoms with Crippen LogP contribution in [0.4, 0.5) is 0 Å². The van der Waals surface area contributed by atoms with Crippen LogP contribution in [-0.4, -0.2) is 53.5 Å².